The molecule has 0 saturated heterocycles. The Morgan fingerprint density at radius 1 is 1.19 bits per heavy atom. The Balaban J connectivity index is 1.42. The highest BCUT2D eigenvalue weighted by molar-refractivity contribution is 8.17. The first-order chi connectivity index (χ1) is 15.1. The molecule has 1 saturated carbocycles. The molecule has 4 rings (SSSR count). The Morgan fingerprint density at radius 2 is 1.88 bits per heavy atom. The zero-order chi connectivity index (χ0) is 23.0. The van der Waals surface area contributed by atoms with Crippen molar-refractivity contribution in [2.24, 2.45) is 9.39 Å². The van der Waals surface area contributed by atoms with Crippen LogP contribution in [0.4, 0.5) is 8.78 Å². The van der Waals surface area contributed by atoms with E-state index in [0.29, 0.717) is 34.7 Å². The molecular formula is C22H21F2N3O3S2. The predicted octanol–water partition coefficient (Wildman–Crippen LogP) is 4.01. The van der Waals surface area contributed by atoms with E-state index in [2.05, 4.69) is 9.39 Å². The summed E-state index contributed by atoms with van der Waals surface area (Å²) in [6.45, 7) is 1.68. The minimum atomic E-state index is -3.52. The summed E-state index contributed by atoms with van der Waals surface area (Å²) in [6, 6.07) is 9.93. The minimum Gasteiger partial charge on any atom is -0.314 e. The van der Waals surface area contributed by atoms with E-state index in [4.69, 9.17) is 0 Å². The summed E-state index contributed by atoms with van der Waals surface area (Å²) >= 11 is 1.14. The van der Waals surface area contributed by atoms with Gasteiger partial charge < -0.3 is 4.90 Å². The highest BCUT2D eigenvalue weighted by atomic mass is 32.2. The van der Waals surface area contributed by atoms with E-state index < -0.39 is 32.4 Å². The van der Waals surface area contributed by atoms with Crippen LogP contribution in [0.5, 0.6) is 0 Å². The first-order valence-electron chi connectivity index (χ1n) is 9.99. The van der Waals surface area contributed by atoms with E-state index in [1.807, 2.05) is 0 Å². The molecule has 1 amide bonds. The molecule has 1 aliphatic carbocycles. The lowest BCUT2D eigenvalue weighted by Gasteiger charge is -2.21. The number of likely N-dealkylation sites (N-methyl/N-ethyl adjacent to an activating group) is 1. The molecule has 0 bridgehead atoms. The van der Waals surface area contributed by atoms with Crippen LogP contribution in [0.25, 0.3) is 11.1 Å². The molecule has 168 valence electrons. The Labute approximate surface area is 189 Å². The van der Waals surface area contributed by atoms with Crippen molar-refractivity contribution in [1.29, 1.82) is 0 Å². The smallest absolute Gasteiger partial charge is 0.257 e. The fourth-order valence-corrected chi connectivity index (χ4v) is 5.82. The second kappa shape index (κ2) is 8.74. The van der Waals surface area contributed by atoms with Crippen molar-refractivity contribution in [3.8, 4) is 11.1 Å². The number of sulfonamides is 1. The number of nitrogens with zero attached hydrogens (tertiary/aromatic N) is 3. The van der Waals surface area contributed by atoms with Crippen LogP contribution in [0.2, 0.25) is 0 Å². The molecule has 0 aromatic heterocycles. The Kier molecular flexibility index (Phi) is 6.17. The zero-order valence-corrected chi connectivity index (χ0v) is 19.1. The maximum absolute atomic E-state index is 14.0. The third kappa shape index (κ3) is 4.91. The number of hydrogen-bond acceptors (Lipinski definition) is 5. The third-order valence-corrected chi connectivity index (χ3v) is 8.37. The number of carbonyl (C=O) groups excluding carboxylic acids is 1. The lowest BCUT2D eigenvalue weighted by Crippen LogP contribution is -2.34. The van der Waals surface area contributed by atoms with Crippen LogP contribution in [0, 0.1) is 11.6 Å². The summed E-state index contributed by atoms with van der Waals surface area (Å²) in [6.07, 6.45) is 1.35. The largest absolute Gasteiger partial charge is 0.314 e. The van der Waals surface area contributed by atoms with Gasteiger partial charge in [-0.1, -0.05) is 36.0 Å². The Bertz CT molecular complexity index is 1220. The van der Waals surface area contributed by atoms with Gasteiger partial charge >= 0.3 is 0 Å². The SMILES string of the molecule is CC1=NC(N(C)C(=O)Cc2ccc(-c3cc(F)ccc3F)cc2)SC1=NS(=O)(=O)C1CC1. The van der Waals surface area contributed by atoms with Crippen LogP contribution in [-0.4, -0.2) is 47.8 Å². The van der Waals surface area contributed by atoms with E-state index in [-0.39, 0.29) is 17.9 Å². The number of aliphatic imine (C=N–C) groups is 1. The Hall–Kier alpha value is -2.59. The number of halogens is 2. The third-order valence-electron chi connectivity index (χ3n) is 5.26. The molecule has 0 radical (unpaired) electrons. The van der Waals surface area contributed by atoms with E-state index in [1.54, 1.807) is 38.2 Å². The van der Waals surface area contributed by atoms with Crippen molar-refractivity contribution in [2.75, 3.05) is 7.05 Å². The summed E-state index contributed by atoms with van der Waals surface area (Å²) in [5, 5.41) is -0.0753. The molecule has 1 heterocycles. The second-order valence-electron chi connectivity index (χ2n) is 7.77. The molecule has 32 heavy (non-hydrogen) atoms. The average molecular weight is 478 g/mol. The summed E-state index contributed by atoms with van der Waals surface area (Å²) in [7, 11) is -1.92. The lowest BCUT2D eigenvalue weighted by molar-refractivity contribution is -0.129. The van der Waals surface area contributed by atoms with Crippen LogP contribution in [0.1, 0.15) is 25.3 Å². The molecule has 1 unspecified atom stereocenters. The molecule has 10 heteroatoms. The molecule has 1 atom stereocenters. The molecular weight excluding hydrogens is 456 g/mol. The van der Waals surface area contributed by atoms with Crippen LogP contribution >= 0.6 is 11.8 Å². The molecule has 0 N–H and O–H groups in total. The number of carbonyl (C=O) groups is 1. The van der Waals surface area contributed by atoms with Gasteiger partial charge in [0, 0.05) is 12.6 Å². The maximum Gasteiger partial charge on any atom is 0.257 e. The minimum absolute atomic E-state index is 0.0842. The standard InChI is InChI=1S/C22H21F2N3O3S2/c1-13-21(26-32(29,30)17-8-9-17)31-22(25-13)27(2)20(28)11-14-3-5-15(6-4-14)18-12-16(23)7-10-19(18)24/h3-7,10,12,17,22H,8-9,11H2,1-2H3. The van der Waals surface area contributed by atoms with Gasteiger partial charge in [0.2, 0.25) is 5.91 Å². The molecule has 0 spiro atoms. The van der Waals surface area contributed by atoms with Crippen molar-refractivity contribution in [3.63, 3.8) is 0 Å². The monoisotopic (exact) mass is 477 g/mol. The summed E-state index contributed by atoms with van der Waals surface area (Å²) in [5.41, 5.74) is 1.27. The van der Waals surface area contributed by atoms with Gasteiger partial charge in [0.25, 0.3) is 10.0 Å². The fraction of sp³-hybridized carbons (Fsp3) is 0.318. The van der Waals surface area contributed by atoms with Crippen LogP contribution in [0.15, 0.2) is 51.9 Å². The van der Waals surface area contributed by atoms with Gasteiger partial charge in [0.05, 0.1) is 17.4 Å². The van der Waals surface area contributed by atoms with Crippen molar-refractivity contribution >= 4 is 38.4 Å². The molecule has 1 fully saturated rings. The number of hydrogen-bond donors (Lipinski definition) is 0. The van der Waals surface area contributed by atoms with Crippen molar-refractivity contribution < 1.29 is 22.0 Å². The van der Waals surface area contributed by atoms with Gasteiger partial charge in [-0.3, -0.25) is 9.79 Å². The lowest BCUT2D eigenvalue weighted by atomic mass is 10.0. The van der Waals surface area contributed by atoms with Gasteiger partial charge in [-0.2, -0.15) is 4.40 Å². The molecule has 2 aromatic rings. The molecule has 2 aromatic carbocycles. The van der Waals surface area contributed by atoms with Gasteiger partial charge in [0.15, 0.2) is 5.50 Å². The van der Waals surface area contributed by atoms with Gasteiger partial charge in [-0.05, 0) is 49.1 Å². The number of rotatable bonds is 6. The van der Waals surface area contributed by atoms with E-state index in [1.165, 1.54) is 4.90 Å². The van der Waals surface area contributed by atoms with Crippen LogP contribution < -0.4 is 0 Å². The van der Waals surface area contributed by atoms with Crippen LogP contribution in [-0.2, 0) is 21.2 Å². The van der Waals surface area contributed by atoms with Crippen LogP contribution in [0.3, 0.4) is 0 Å². The van der Waals surface area contributed by atoms with E-state index in [0.717, 1.165) is 30.0 Å². The highest BCUT2D eigenvalue weighted by Crippen LogP contribution is 2.33. The Morgan fingerprint density at radius 3 is 2.53 bits per heavy atom. The molecule has 2 aliphatic rings. The van der Waals surface area contributed by atoms with Gasteiger partial charge in [0.1, 0.15) is 16.7 Å². The van der Waals surface area contributed by atoms with Gasteiger partial charge in [-0.15, -0.1) is 0 Å². The van der Waals surface area contributed by atoms with Gasteiger partial charge in [-0.25, -0.2) is 17.2 Å². The fourth-order valence-electron chi connectivity index (χ4n) is 3.18. The number of thioether (sulfide) groups is 1. The number of benzene rings is 2. The highest BCUT2D eigenvalue weighted by Gasteiger charge is 2.37. The summed E-state index contributed by atoms with van der Waals surface area (Å²) < 4.78 is 55.6. The molecule has 1 aliphatic heterocycles. The predicted molar refractivity (Wildman–Crippen MR) is 122 cm³/mol. The topological polar surface area (TPSA) is 79.2 Å². The summed E-state index contributed by atoms with van der Waals surface area (Å²) in [5.74, 6) is -1.27. The normalized spacial score (nSPS) is 19.8. The maximum atomic E-state index is 14.0. The second-order valence-corrected chi connectivity index (χ2v) is 10.7. The first kappa shape index (κ1) is 22.6. The van der Waals surface area contributed by atoms with E-state index >= 15 is 0 Å². The van der Waals surface area contributed by atoms with Crippen molar-refractivity contribution in [3.05, 3.63) is 59.7 Å². The molecule has 6 nitrogen and oxygen atoms in total. The van der Waals surface area contributed by atoms with Crippen molar-refractivity contribution in [1.82, 2.24) is 4.90 Å². The summed E-state index contributed by atoms with van der Waals surface area (Å²) in [4.78, 5) is 18.6. The van der Waals surface area contributed by atoms with E-state index in [9.17, 15) is 22.0 Å². The average Bonchev–Trinajstić information content (AvgIpc) is 3.55. The zero-order valence-electron chi connectivity index (χ0n) is 17.5. The van der Waals surface area contributed by atoms with Crippen molar-refractivity contribution in [2.45, 2.75) is 36.9 Å². The quantitative estimate of drug-likeness (QED) is 0.630. The first-order valence-corrected chi connectivity index (χ1v) is 12.4. The number of amides is 1.